The lowest BCUT2D eigenvalue weighted by Gasteiger charge is -2.23. The summed E-state index contributed by atoms with van der Waals surface area (Å²) >= 11 is 1.60. The van der Waals surface area contributed by atoms with Crippen LogP contribution in [0.3, 0.4) is 0 Å². The fraction of sp³-hybridized carbons (Fsp3) is 0.280. The van der Waals surface area contributed by atoms with Gasteiger partial charge in [-0.15, -0.1) is 11.3 Å². The first-order valence-electron chi connectivity index (χ1n) is 10.6. The molecule has 0 amide bonds. The van der Waals surface area contributed by atoms with Gasteiger partial charge < -0.3 is 15.0 Å². The van der Waals surface area contributed by atoms with Crippen molar-refractivity contribution in [1.29, 1.82) is 0 Å². The number of aromatic nitrogens is 1. The van der Waals surface area contributed by atoms with Crippen molar-refractivity contribution in [3.05, 3.63) is 76.6 Å². The molecule has 0 aliphatic carbocycles. The lowest BCUT2D eigenvalue weighted by atomic mass is 10.1. The molecule has 1 saturated heterocycles. The average Bonchev–Trinajstić information content (AvgIpc) is 3.31. The molecule has 3 heterocycles. The molecule has 1 aromatic heterocycles. The fourth-order valence-electron chi connectivity index (χ4n) is 4.21. The van der Waals surface area contributed by atoms with E-state index in [4.69, 9.17) is 9.72 Å². The molecule has 1 N–H and O–H groups in total. The van der Waals surface area contributed by atoms with Crippen LogP contribution in [0.2, 0.25) is 0 Å². The standard InChI is InChI=1S/C25H25N3O2S/c1-16(2)28-21-6-4-3-5-19(21)25(29)22(28)14-24-27-20-13-17(7-8-23(20)31-24)15-26-18-9-11-30-12-10-18/h3-8,13-14,18,26H,1,9-12,15H2,2H3/b22-14+. The van der Waals surface area contributed by atoms with Crippen molar-refractivity contribution in [2.24, 2.45) is 0 Å². The van der Waals surface area contributed by atoms with Gasteiger partial charge in [-0.05, 0) is 49.6 Å². The van der Waals surface area contributed by atoms with Crippen LogP contribution in [0.5, 0.6) is 0 Å². The van der Waals surface area contributed by atoms with Crippen LogP contribution in [-0.4, -0.2) is 30.0 Å². The molecule has 3 aromatic rings. The van der Waals surface area contributed by atoms with E-state index in [1.54, 1.807) is 11.3 Å². The molecule has 0 atom stereocenters. The van der Waals surface area contributed by atoms with Crippen LogP contribution in [-0.2, 0) is 11.3 Å². The van der Waals surface area contributed by atoms with Gasteiger partial charge in [0, 0.05) is 43.1 Å². The van der Waals surface area contributed by atoms with Crippen molar-refractivity contribution >= 4 is 39.1 Å². The number of hydrogen-bond donors (Lipinski definition) is 1. The minimum absolute atomic E-state index is 0.0132. The van der Waals surface area contributed by atoms with Crippen molar-refractivity contribution in [2.45, 2.75) is 32.4 Å². The van der Waals surface area contributed by atoms with Gasteiger partial charge in [-0.2, -0.15) is 0 Å². The highest BCUT2D eigenvalue weighted by atomic mass is 32.1. The molecule has 0 saturated carbocycles. The summed E-state index contributed by atoms with van der Waals surface area (Å²) in [6.07, 6.45) is 4.01. The molecule has 2 aliphatic heterocycles. The largest absolute Gasteiger partial charge is 0.381 e. The first-order chi connectivity index (χ1) is 15.1. The predicted molar refractivity (Wildman–Crippen MR) is 126 cm³/mol. The molecule has 2 aromatic carbocycles. The Kier molecular flexibility index (Phi) is 5.44. The minimum atomic E-state index is 0.0132. The number of ketones is 1. The molecule has 0 spiro atoms. The number of allylic oxidation sites excluding steroid dienone is 2. The summed E-state index contributed by atoms with van der Waals surface area (Å²) in [6, 6.07) is 14.6. The van der Waals surface area contributed by atoms with Crippen molar-refractivity contribution in [3.8, 4) is 0 Å². The van der Waals surface area contributed by atoms with Crippen LogP contribution in [0.4, 0.5) is 5.69 Å². The molecule has 5 nitrogen and oxygen atoms in total. The fourth-order valence-corrected chi connectivity index (χ4v) is 5.10. The van der Waals surface area contributed by atoms with Crippen LogP contribution in [0.25, 0.3) is 16.3 Å². The third-order valence-corrected chi connectivity index (χ3v) is 6.77. The summed E-state index contributed by atoms with van der Waals surface area (Å²) in [5.41, 5.74) is 5.19. The first kappa shape index (κ1) is 20.1. The van der Waals surface area contributed by atoms with Crippen LogP contribution in [0.1, 0.15) is 40.7 Å². The summed E-state index contributed by atoms with van der Waals surface area (Å²) in [6.45, 7) is 8.49. The number of rotatable bonds is 5. The minimum Gasteiger partial charge on any atom is -0.381 e. The maximum Gasteiger partial charge on any atom is 0.211 e. The van der Waals surface area contributed by atoms with E-state index in [1.807, 2.05) is 42.2 Å². The van der Waals surface area contributed by atoms with E-state index in [1.165, 1.54) is 5.56 Å². The summed E-state index contributed by atoms with van der Waals surface area (Å²) in [4.78, 5) is 19.8. The van der Waals surface area contributed by atoms with E-state index < -0.39 is 0 Å². The van der Waals surface area contributed by atoms with Crippen LogP contribution in [0, 0.1) is 0 Å². The second-order valence-corrected chi connectivity index (χ2v) is 9.13. The van der Waals surface area contributed by atoms with Gasteiger partial charge in [-0.3, -0.25) is 4.79 Å². The van der Waals surface area contributed by atoms with Crippen LogP contribution < -0.4 is 10.2 Å². The Bertz CT molecular complexity index is 1190. The molecule has 0 unspecified atom stereocenters. The molecule has 31 heavy (non-hydrogen) atoms. The third-order valence-electron chi connectivity index (χ3n) is 5.79. The number of benzene rings is 2. The van der Waals surface area contributed by atoms with Crippen LogP contribution in [0.15, 0.2) is 60.4 Å². The lowest BCUT2D eigenvalue weighted by Crippen LogP contribution is -2.34. The van der Waals surface area contributed by atoms with Gasteiger partial charge in [0.1, 0.15) is 5.01 Å². The number of fused-ring (bicyclic) bond motifs is 2. The van der Waals surface area contributed by atoms with Gasteiger partial charge in [0.25, 0.3) is 0 Å². The number of anilines is 1. The number of nitrogens with one attached hydrogen (secondary N) is 1. The Morgan fingerprint density at radius 1 is 1.29 bits per heavy atom. The Labute approximate surface area is 186 Å². The normalized spacial score (nSPS) is 18.2. The lowest BCUT2D eigenvalue weighted by molar-refractivity contribution is 0.0776. The molecular formula is C25H25N3O2S. The molecule has 1 fully saturated rings. The molecule has 0 radical (unpaired) electrons. The Balaban J connectivity index is 1.41. The Morgan fingerprint density at radius 3 is 2.90 bits per heavy atom. The van der Waals surface area contributed by atoms with Gasteiger partial charge in [-0.25, -0.2) is 4.98 Å². The number of ether oxygens (including phenoxy) is 1. The summed E-state index contributed by atoms with van der Waals surface area (Å²) in [5, 5.41) is 4.45. The van der Waals surface area contributed by atoms with Crippen molar-refractivity contribution in [1.82, 2.24) is 10.3 Å². The zero-order valence-electron chi connectivity index (χ0n) is 17.6. The maximum absolute atomic E-state index is 13.0. The number of carbonyl (C=O) groups excluding carboxylic acids is 1. The molecule has 6 heteroatoms. The quantitative estimate of drug-likeness (QED) is 0.567. The van der Waals surface area contributed by atoms with E-state index in [0.717, 1.165) is 59.2 Å². The second-order valence-electron chi connectivity index (χ2n) is 8.07. The molecule has 0 bridgehead atoms. The van der Waals surface area contributed by atoms with E-state index in [-0.39, 0.29) is 5.78 Å². The third kappa shape index (κ3) is 3.94. The number of Topliss-reactive ketones (excluding diaryl/α,β-unsaturated/α-hetero) is 1. The molecule has 158 valence electrons. The molecular weight excluding hydrogens is 406 g/mol. The van der Waals surface area contributed by atoms with Gasteiger partial charge in [-0.1, -0.05) is 24.8 Å². The molecule has 5 rings (SSSR count). The zero-order valence-corrected chi connectivity index (χ0v) is 18.4. The summed E-state index contributed by atoms with van der Waals surface area (Å²) in [7, 11) is 0. The highest BCUT2D eigenvalue weighted by Gasteiger charge is 2.32. The number of para-hydroxylation sites is 1. The predicted octanol–water partition coefficient (Wildman–Crippen LogP) is 5.14. The highest BCUT2D eigenvalue weighted by Crippen LogP contribution is 2.38. The van der Waals surface area contributed by atoms with Gasteiger partial charge in [0.15, 0.2) is 0 Å². The van der Waals surface area contributed by atoms with Gasteiger partial charge in [0.2, 0.25) is 5.78 Å². The Morgan fingerprint density at radius 2 is 2.10 bits per heavy atom. The average molecular weight is 432 g/mol. The number of hydrogen-bond acceptors (Lipinski definition) is 6. The van der Waals surface area contributed by atoms with Crippen LogP contribution >= 0.6 is 11.3 Å². The van der Waals surface area contributed by atoms with Crippen molar-refractivity contribution in [3.63, 3.8) is 0 Å². The van der Waals surface area contributed by atoms with Crippen molar-refractivity contribution in [2.75, 3.05) is 18.1 Å². The van der Waals surface area contributed by atoms with Gasteiger partial charge >= 0.3 is 0 Å². The highest BCUT2D eigenvalue weighted by molar-refractivity contribution is 7.19. The van der Waals surface area contributed by atoms with E-state index >= 15 is 0 Å². The summed E-state index contributed by atoms with van der Waals surface area (Å²) < 4.78 is 6.55. The summed E-state index contributed by atoms with van der Waals surface area (Å²) in [5.74, 6) is 0.0132. The Hall–Kier alpha value is -2.80. The monoisotopic (exact) mass is 431 g/mol. The van der Waals surface area contributed by atoms with Gasteiger partial charge in [0.05, 0.1) is 21.6 Å². The SMILES string of the molecule is C=C(C)N1/C(=C/c2nc3cc(CNC4CCOCC4)ccc3s2)C(=O)c2ccccc21. The smallest absolute Gasteiger partial charge is 0.211 e. The van der Waals surface area contributed by atoms with E-state index in [0.29, 0.717) is 17.3 Å². The van der Waals surface area contributed by atoms with E-state index in [9.17, 15) is 4.79 Å². The van der Waals surface area contributed by atoms with Crippen molar-refractivity contribution < 1.29 is 9.53 Å². The van der Waals surface area contributed by atoms with E-state index in [2.05, 4.69) is 30.1 Å². The zero-order chi connectivity index (χ0) is 21.4. The maximum atomic E-state index is 13.0. The topological polar surface area (TPSA) is 54.5 Å². The second kappa shape index (κ2) is 8.38. The number of nitrogens with zero attached hydrogens (tertiary/aromatic N) is 2. The number of thiazole rings is 1. The first-order valence-corrected chi connectivity index (χ1v) is 11.4. The number of carbonyl (C=O) groups is 1. The molecule has 2 aliphatic rings.